The van der Waals surface area contributed by atoms with Crippen LogP contribution in [-0.2, 0) is 4.79 Å². The second-order valence-electron chi connectivity index (χ2n) is 4.21. The SMILES string of the molecule is COc1cccc(NC(C)C(=O)NC2CC2)n1. The van der Waals surface area contributed by atoms with Crippen LogP contribution < -0.4 is 15.4 Å². The Morgan fingerprint density at radius 1 is 1.53 bits per heavy atom. The highest BCUT2D eigenvalue weighted by molar-refractivity contribution is 5.84. The summed E-state index contributed by atoms with van der Waals surface area (Å²) in [4.78, 5) is 15.9. The van der Waals surface area contributed by atoms with E-state index in [0.29, 0.717) is 17.7 Å². The zero-order valence-electron chi connectivity index (χ0n) is 10.1. The van der Waals surface area contributed by atoms with Gasteiger partial charge in [-0.15, -0.1) is 0 Å². The Bertz CT molecular complexity index is 404. The maximum absolute atomic E-state index is 11.7. The summed E-state index contributed by atoms with van der Waals surface area (Å²) >= 11 is 0. The van der Waals surface area contributed by atoms with Gasteiger partial charge in [-0.05, 0) is 25.8 Å². The van der Waals surface area contributed by atoms with Gasteiger partial charge in [-0.1, -0.05) is 6.07 Å². The molecule has 1 heterocycles. The van der Waals surface area contributed by atoms with Gasteiger partial charge < -0.3 is 15.4 Å². The molecule has 0 bridgehead atoms. The fourth-order valence-corrected chi connectivity index (χ4v) is 1.45. The predicted octanol–water partition coefficient (Wildman–Crippen LogP) is 1.17. The molecule has 0 aliphatic heterocycles. The number of methoxy groups -OCH3 is 1. The third kappa shape index (κ3) is 3.34. The first-order valence-electron chi connectivity index (χ1n) is 5.77. The maximum Gasteiger partial charge on any atom is 0.242 e. The van der Waals surface area contributed by atoms with Crippen LogP contribution in [0.2, 0.25) is 0 Å². The molecule has 1 unspecified atom stereocenters. The molecule has 1 fully saturated rings. The van der Waals surface area contributed by atoms with Crippen molar-refractivity contribution in [2.75, 3.05) is 12.4 Å². The molecule has 0 saturated heterocycles. The molecule has 5 nitrogen and oxygen atoms in total. The quantitative estimate of drug-likeness (QED) is 0.804. The van der Waals surface area contributed by atoms with Gasteiger partial charge in [0.15, 0.2) is 0 Å². The Morgan fingerprint density at radius 3 is 2.94 bits per heavy atom. The molecule has 1 aliphatic rings. The molecule has 5 heteroatoms. The number of aromatic nitrogens is 1. The Kier molecular flexibility index (Phi) is 3.46. The summed E-state index contributed by atoms with van der Waals surface area (Å²) in [6.45, 7) is 1.82. The number of nitrogens with one attached hydrogen (secondary N) is 2. The second kappa shape index (κ2) is 5.03. The smallest absolute Gasteiger partial charge is 0.242 e. The van der Waals surface area contributed by atoms with Crippen LogP contribution in [0.3, 0.4) is 0 Å². The Labute approximate surface area is 101 Å². The molecule has 17 heavy (non-hydrogen) atoms. The number of anilines is 1. The molecule has 1 aromatic heterocycles. The van der Waals surface area contributed by atoms with Gasteiger partial charge in [-0.25, -0.2) is 0 Å². The number of rotatable bonds is 5. The third-order valence-electron chi connectivity index (χ3n) is 2.61. The second-order valence-corrected chi connectivity index (χ2v) is 4.21. The van der Waals surface area contributed by atoms with Crippen LogP contribution in [0.5, 0.6) is 5.88 Å². The number of hydrogen-bond acceptors (Lipinski definition) is 4. The maximum atomic E-state index is 11.7. The molecule has 1 aromatic rings. The van der Waals surface area contributed by atoms with Crippen molar-refractivity contribution in [3.63, 3.8) is 0 Å². The van der Waals surface area contributed by atoms with Gasteiger partial charge >= 0.3 is 0 Å². The molecule has 0 radical (unpaired) electrons. The monoisotopic (exact) mass is 235 g/mol. The summed E-state index contributed by atoms with van der Waals surface area (Å²) in [6.07, 6.45) is 2.19. The van der Waals surface area contributed by atoms with Crippen molar-refractivity contribution in [2.24, 2.45) is 0 Å². The van der Waals surface area contributed by atoms with Crippen molar-refractivity contribution >= 4 is 11.7 Å². The van der Waals surface area contributed by atoms with E-state index < -0.39 is 0 Å². The van der Waals surface area contributed by atoms with E-state index in [1.807, 2.05) is 19.1 Å². The lowest BCUT2D eigenvalue weighted by Gasteiger charge is -2.14. The van der Waals surface area contributed by atoms with Gasteiger partial charge in [0, 0.05) is 12.1 Å². The highest BCUT2D eigenvalue weighted by Gasteiger charge is 2.25. The average molecular weight is 235 g/mol. The Hall–Kier alpha value is -1.78. The van der Waals surface area contributed by atoms with Crippen molar-refractivity contribution in [3.05, 3.63) is 18.2 Å². The highest BCUT2D eigenvalue weighted by atomic mass is 16.5. The van der Waals surface area contributed by atoms with Crippen molar-refractivity contribution < 1.29 is 9.53 Å². The fourth-order valence-electron chi connectivity index (χ4n) is 1.45. The van der Waals surface area contributed by atoms with Crippen LogP contribution in [0, 0.1) is 0 Å². The molecular formula is C12H17N3O2. The summed E-state index contributed by atoms with van der Waals surface area (Å²) in [5.74, 6) is 1.18. The predicted molar refractivity (Wildman–Crippen MR) is 65.0 cm³/mol. The normalized spacial score (nSPS) is 16.1. The first-order chi connectivity index (χ1) is 8.19. The molecule has 1 amide bonds. The number of carbonyl (C=O) groups excluding carboxylic acids is 1. The lowest BCUT2D eigenvalue weighted by molar-refractivity contribution is -0.121. The van der Waals surface area contributed by atoms with E-state index in [9.17, 15) is 4.79 Å². The van der Waals surface area contributed by atoms with Crippen LogP contribution in [0.4, 0.5) is 5.82 Å². The molecule has 1 atom stereocenters. The first-order valence-corrected chi connectivity index (χ1v) is 5.77. The highest BCUT2D eigenvalue weighted by Crippen LogP contribution is 2.19. The minimum absolute atomic E-state index is 0.0112. The molecule has 0 spiro atoms. The van der Waals surface area contributed by atoms with E-state index in [2.05, 4.69) is 15.6 Å². The van der Waals surface area contributed by atoms with Crippen LogP contribution in [0.25, 0.3) is 0 Å². The van der Waals surface area contributed by atoms with Gasteiger partial charge in [0.05, 0.1) is 7.11 Å². The molecule has 1 saturated carbocycles. The van der Waals surface area contributed by atoms with E-state index in [4.69, 9.17) is 4.74 Å². The first kappa shape index (κ1) is 11.7. The van der Waals surface area contributed by atoms with Gasteiger partial charge in [0.2, 0.25) is 11.8 Å². The largest absolute Gasteiger partial charge is 0.481 e. The van der Waals surface area contributed by atoms with Crippen LogP contribution in [-0.4, -0.2) is 30.1 Å². The number of amides is 1. The number of nitrogens with zero attached hydrogens (tertiary/aromatic N) is 1. The van der Waals surface area contributed by atoms with E-state index in [-0.39, 0.29) is 11.9 Å². The number of pyridine rings is 1. The average Bonchev–Trinajstić information content (AvgIpc) is 3.13. The summed E-state index contributed by atoms with van der Waals surface area (Å²) in [5, 5.41) is 5.99. The summed E-state index contributed by atoms with van der Waals surface area (Å²) < 4.78 is 5.02. The van der Waals surface area contributed by atoms with E-state index in [0.717, 1.165) is 12.8 Å². The topological polar surface area (TPSA) is 63.2 Å². The van der Waals surface area contributed by atoms with Crippen molar-refractivity contribution in [3.8, 4) is 5.88 Å². The minimum Gasteiger partial charge on any atom is -0.481 e. The Morgan fingerprint density at radius 2 is 2.29 bits per heavy atom. The molecule has 1 aliphatic carbocycles. The lowest BCUT2D eigenvalue weighted by atomic mass is 10.3. The fraction of sp³-hybridized carbons (Fsp3) is 0.500. The van der Waals surface area contributed by atoms with Crippen LogP contribution >= 0.6 is 0 Å². The van der Waals surface area contributed by atoms with Gasteiger partial charge in [0.1, 0.15) is 11.9 Å². The van der Waals surface area contributed by atoms with E-state index in [1.54, 1.807) is 13.2 Å². The summed E-state index contributed by atoms with van der Waals surface area (Å²) in [6, 6.07) is 5.49. The molecule has 92 valence electrons. The van der Waals surface area contributed by atoms with E-state index in [1.165, 1.54) is 0 Å². The van der Waals surface area contributed by atoms with Crippen molar-refractivity contribution in [1.82, 2.24) is 10.3 Å². The standard InChI is InChI=1S/C12H17N3O2/c1-8(12(16)14-9-6-7-9)13-10-4-3-5-11(15-10)17-2/h3-5,8-9H,6-7H2,1-2H3,(H,13,15)(H,14,16). The number of hydrogen-bond donors (Lipinski definition) is 2. The third-order valence-corrected chi connectivity index (χ3v) is 2.61. The lowest BCUT2D eigenvalue weighted by Crippen LogP contribution is -2.38. The van der Waals surface area contributed by atoms with Crippen molar-refractivity contribution in [2.45, 2.75) is 31.8 Å². The molecule has 0 aromatic carbocycles. The van der Waals surface area contributed by atoms with Gasteiger partial charge in [-0.2, -0.15) is 4.98 Å². The van der Waals surface area contributed by atoms with Crippen LogP contribution in [0.15, 0.2) is 18.2 Å². The van der Waals surface area contributed by atoms with Crippen LogP contribution in [0.1, 0.15) is 19.8 Å². The summed E-state index contributed by atoms with van der Waals surface area (Å²) in [5.41, 5.74) is 0. The molecule has 2 N–H and O–H groups in total. The van der Waals surface area contributed by atoms with Gasteiger partial charge in [-0.3, -0.25) is 4.79 Å². The Balaban J connectivity index is 1.91. The zero-order chi connectivity index (χ0) is 12.3. The van der Waals surface area contributed by atoms with Crippen molar-refractivity contribution in [1.29, 1.82) is 0 Å². The molecule has 2 rings (SSSR count). The van der Waals surface area contributed by atoms with Gasteiger partial charge in [0.25, 0.3) is 0 Å². The zero-order valence-corrected chi connectivity index (χ0v) is 10.1. The number of ether oxygens (including phenoxy) is 1. The minimum atomic E-state index is -0.296. The summed E-state index contributed by atoms with van der Waals surface area (Å²) in [7, 11) is 1.56. The van der Waals surface area contributed by atoms with E-state index >= 15 is 0 Å². The number of carbonyl (C=O) groups is 1. The molecular weight excluding hydrogens is 218 g/mol.